The molecule has 0 aromatic carbocycles. The maximum atomic E-state index is 12.3. The van der Waals surface area contributed by atoms with Gasteiger partial charge in [0.05, 0.1) is 5.39 Å². The van der Waals surface area contributed by atoms with E-state index in [4.69, 9.17) is 12.2 Å². The van der Waals surface area contributed by atoms with Crippen LogP contribution in [-0.2, 0) is 0 Å². The summed E-state index contributed by atoms with van der Waals surface area (Å²) in [5.41, 5.74) is 0.0265. The van der Waals surface area contributed by atoms with Crippen molar-refractivity contribution in [3.8, 4) is 0 Å². The van der Waals surface area contributed by atoms with Crippen LogP contribution in [0.2, 0.25) is 0 Å². The molecule has 0 aliphatic rings. The van der Waals surface area contributed by atoms with Crippen LogP contribution in [0.5, 0.6) is 0 Å². The summed E-state index contributed by atoms with van der Waals surface area (Å²) in [5, 5.41) is 2.65. The monoisotopic (exact) mass is 286 g/mol. The number of nitrogens with one attached hydrogen (secondary N) is 1. The minimum atomic E-state index is 0.0265. The van der Waals surface area contributed by atoms with Gasteiger partial charge >= 0.3 is 0 Å². The summed E-state index contributed by atoms with van der Waals surface area (Å²) in [7, 11) is 0. The van der Waals surface area contributed by atoms with E-state index >= 15 is 0 Å². The van der Waals surface area contributed by atoms with E-state index in [9.17, 15) is 4.79 Å². The molecule has 92 valence electrons. The largest absolute Gasteiger partial charge is 0.323 e. The lowest BCUT2D eigenvalue weighted by molar-refractivity contribution is 0.508. The summed E-state index contributed by atoms with van der Waals surface area (Å²) in [6, 6.07) is 1.99. The maximum Gasteiger partial charge on any atom is 0.263 e. The maximum absolute atomic E-state index is 12.3. The number of thiophene rings is 1. The number of aromatic nitrogens is 2. The molecule has 0 aliphatic carbocycles. The summed E-state index contributed by atoms with van der Waals surface area (Å²) in [6.45, 7) is 2.04. The molecule has 0 radical (unpaired) electrons. The highest BCUT2D eigenvalue weighted by atomic mass is 32.2. The Morgan fingerprint density at radius 1 is 1.65 bits per heavy atom. The number of fused-ring (bicyclic) bond motifs is 1. The molecular formula is C11H14N2OS3. The zero-order valence-electron chi connectivity index (χ0n) is 9.73. The van der Waals surface area contributed by atoms with E-state index in [0.29, 0.717) is 4.77 Å². The zero-order valence-corrected chi connectivity index (χ0v) is 12.2. The van der Waals surface area contributed by atoms with E-state index in [1.165, 1.54) is 11.3 Å². The van der Waals surface area contributed by atoms with E-state index < -0.39 is 0 Å². The Morgan fingerprint density at radius 3 is 3.12 bits per heavy atom. The minimum absolute atomic E-state index is 0.0265. The molecule has 1 atom stereocenters. The third-order valence-corrected chi connectivity index (χ3v) is 4.51. The molecule has 2 aromatic heterocycles. The Bertz CT molecular complexity index is 625. The van der Waals surface area contributed by atoms with Crippen molar-refractivity contribution in [3.63, 3.8) is 0 Å². The van der Waals surface area contributed by atoms with Crippen molar-refractivity contribution in [3.05, 3.63) is 26.6 Å². The molecule has 2 rings (SSSR count). The van der Waals surface area contributed by atoms with Gasteiger partial charge in [-0.15, -0.1) is 11.3 Å². The van der Waals surface area contributed by atoms with E-state index in [1.54, 1.807) is 16.3 Å². The molecule has 17 heavy (non-hydrogen) atoms. The second kappa shape index (κ2) is 5.37. The molecule has 0 saturated heterocycles. The standard InChI is InChI=1S/C11H14N2OS3/c1-7(3-5-16-2)13-10(14)8-4-6-17-9(8)12-11(13)15/h4,6-7H,3,5H2,1-2H3,(H,12,15). The van der Waals surface area contributed by atoms with E-state index in [2.05, 4.69) is 11.2 Å². The van der Waals surface area contributed by atoms with Gasteiger partial charge in [0.15, 0.2) is 4.77 Å². The minimum Gasteiger partial charge on any atom is -0.323 e. The van der Waals surface area contributed by atoms with Crippen LogP contribution in [-0.4, -0.2) is 21.6 Å². The Balaban J connectivity index is 2.53. The number of rotatable bonds is 4. The Morgan fingerprint density at radius 2 is 2.41 bits per heavy atom. The quantitative estimate of drug-likeness (QED) is 0.875. The second-order valence-corrected chi connectivity index (χ2v) is 6.19. The summed E-state index contributed by atoms with van der Waals surface area (Å²) in [5.74, 6) is 1.03. The molecule has 0 aliphatic heterocycles. The average molecular weight is 286 g/mol. The molecule has 0 fully saturated rings. The molecule has 1 unspecified atom stereocenters. The highest BCUT2D eigenvalue weighted by Gasteiger charge is 2.11. The number of thioether (sulfide) groups is 1. The summed E-state index contributed by atoms with van der Waals surface area (Å²) in [6.07, 6.45) is 3.02. The van der Waals surface area contributed by atoms with Crippen molar-refractivity contribution < 1.29 is 0 Å². The Hall–Kier alpha value is -0.590. The number of hydrogen-bond donors (Lipinski definition) is 1. The molecule has 0 bridgehead atoms. The SMILES string of the molecule is CSCCC(C)n1c(=S)[nH]c2sccc2c1=O. The first-order valence-corrected chi connectivity index (χ1v) is 8.04. The van der Waals surface area contributed by atoms with Crippen LogP contribution in [0.15, 0.2) is 16.2 Å². The van der Waals surface area contributed by atoms with Crippen molar-refractivity contribution >= 4 is 45.5 Å². The van der Waals surface area contributed by atoms with Crippen LogP contribution in [0.25, 0.3) is 10.2 Å². The van der Waals surface area contributed by atoms with Crippen LogP contribution in [0.3, 0.4) is 0 Å². The van der Waals surface area contributed by atoms with E-state index in [-0.39, 0.29) is 11.6 Å². The number of aromatic amines is 1. The molecular weight excluding hydrogens is 272 g/mol. The van der Waals surface area contributed by atoms with Crippen molar-refractivity contribution in [1.29, 1.82) is 0 Å². The van der Waals surface area contributed by atoms with Gasteiger partial charge in [0.1, 0.15) is 4.83 Å². The van der Waals surface area contributed by atoms with Crippen molar-refractivity contribution in [2.24, 2.45) is 0 Å². The molecule has 3 nitrogen and oxygen atoms in total. The van der Waals surface area contributed by atoms with Crippen LogP contribution >= 0.6 is 35.3 Å². The fourth-order valence-electron chi connectivity index (χ4n) is 1.77. The van der Waals surface area contributed by atoms with E-state index in [0.717, 1.165) is 22.4 Å². The van der Waals surface area contributed by atoms with Gasteiger partial charge < -0.3 is 4.98 Å². The molecule has 6 heteroatoms. The lowest BCUT2D eigenvalue weighted by atomic mass is 10.2. The predicted octanol–water partition coefficient (Wildman–Crippen LogP) is 3.43. The molecule has 2 aromatic rings. The zero-order chi connectivity index (χ0) is 12.4. The molecule has 0 amide bonds. The van der Waals surface area contributed by atoms with Crippen LogP contribution in [0.4, 0.5) is 0 Å². The lowest BCUT2D eigenvalue weighted by Gasteiger charge is -2.14. The number of H-pyrrole nitrogens is 1. The normalized spacial score (nSPS) is 13.1. The molecule has 0 spiro atoms. The van der Waals surface area contributed by atoms with Crippen LogP contribution < -0.4 is 5.56 Å². The third-order valence-electron chi connectivity index (χ3n) is 2.73. The van der Waals surface area contributed by atoms with Crippen molar-refractivity contribution in [1.82, 2.24) is 9.55 Å². The van der Waals surface area contributed by atoms with Gasteiger partial charge in [-0.2, -0.15) is 11.8 Å². The summed E-state index contributed by atoms with van der Waals surface area (Å²) < 4.78 is 2.22. The van der Waals surface area contributed by atoms with Gasteiger partial charge in [0.2, 0.25) is 0 Å². The van der Waals surface area contributed by atoms with Crippen molar-refractivity contribution in [2.45, 2.75) is 19.4 Å². The first-order chi connectivity index (χ1) is 8.15. The smallest absolute Gasteiger partial charge is 0.263 e. The summed E-state index contributed by atoms with van der Waals surface area (Å²) >= 11 is 8.57. The highest BCUT2D eigenvalue weighted by Crippen LogP contribution is 2.17. The molecule has 2 heterocycles. The Labute approximate surface area is 113 Å². The van der Waals surface area contributed by atoms with Gasteiger partial charge in [-0.25, -0.2) is 0 Å². The van der Waals surface area contributed by atoms with Crippen molar-refractivity contribution in [2.75, 3.05) is 12.0 Å². The Kier molecular flexibility index (Phi) is 4.06. The number of hydrogen-bond acceptors (Lipinski definition) is 4. The van der Waals surface area contributed by atoms with Crippen LogP contribution in [0, 0.1) is 4.77 Å². The predicted molar refractivity (Wildman–Crippen MR) is 79.0 cm³/mol. The lowest BCUT2D eigenvalue weighted by Crippen LogP contribution is -2.25. The first kappa shape index (κ1) is 12.9. The van der Waals surface area contributed by atoms with E-state index in [1.807, 2.05) is 18.4 Å². The highest BCUT2D eigenvalue weighted by molar-refractivity contribution is 7.98. The fourth-order valence-corrected chi connectivity index (χ4v) is 3.56. The second-order valence-electron chi connectivity index (χ2n) is 3.90. The fraction of sp³-hybridized carbons (Fsp3) is 0.455. The van der Waals surface area contributed by atoms with Gasteiger partial charge in [-0.3, -0.25) is 9.36 Å². The molecule has 1 N–H and O–H groups in total. The van der Waals surface area contributed by atoms with Gasteiger partial charge in [-0.1, -0.05) is 0 Å². The number of nitrogens with zero attached hydrogens (tertiary/aromatic N) is 1. The first-order valence-electron chi connectivity index (χ1n) is 5.36. The topological polar surface area (TPSA) is 37.8 Å². The van der Waals surface area contributed by atoms with Gasteiger partial charge in [0.25, 0.3) is 5.56 Å². The van der Waals surface area contributed by atoms with Gasteiger partial charge in [-0.05, 0) is 49.0 Å². The van der Waals surface area contributed by atoms with Gasteiger partial charge in [0, 0.05) is 6.04 Å². The molecule has 0 saturated carbocycles. The summed E-state index contributed by atoms with van der Waals surface area (Å²) in [4.78, 5) is 16.3. The van der Waals surface area contributed by atoms with Crippen LogP contribution in [0.1, 0.15) is 19.4 Å². The third kappa shape index (κ3) is 2.48. The average Bonchev–Trinajstić information content (AvgIpc) is 2.74.